The predicted molar refractivity (Wildman–Crippen MR) is 64.3 cm³/mol. The topological polar surface area (TPSA) is 89.7 Å². The zero-order valence-corrected chi connectivity index (χ0v) is 10.9. The summed E-state index contributed by atoms with van der Waals surface area (Å²) in [6.45, 7) is 5.15. The molecule has 0 saturated heterocycles. The van der Waals surface area contributed by atoms with E-state index in [0.29, 0.717) is 12.0 Å². The second-order valence-corrected chi connectivity index (χ2v) is 4.20. The molecule has 1 unspecified atom stereocenters. The second kappa shape index (κ2) is 5.30. The number of nitrogens with two attached hydrogens (primary N) is 1. The molecule has 18 heavy (non-hydrogen) atoms. The van der Waals surface area contributed by atoms with E-state index in [1.807, 2.05) is 0 Å². The smallest absolute Gasteiger partial charge is 0.256 e. The molecule has 1 rings (SSSR count). The van der Waals surface area contributed by atoms with E-state index in [0.717, 1.165) is 4.90 Å². The van der Waals surface area contributed by atoms with Crippen LogP contribution in [0.15, 0.2) is 11.6 Å². The first kappa shape index (κ1) is 14.4. The molecule has 0 radical (unpaired) electrons. The van der Waals surface area contributed by atoms with Crippen molar-refractivity contribution < 1.29 is 19.1 Å². The van der Waals surface area contributed by atoms with Gasteiger partial charge in [0.05, 0.1) is 6.54 Å². The number of primary amides is 1. The zero-order chi connectivity index (χ0) is 13.9. The van der Waals surface area contributed by atoms with Gasteiger partial charge in [0, 0.05) is 18.3 Å². The van der Waals surface area contributed by atoms with Gasteiger partial charge in [-0.3, -0.25) is 19.3 Å². The number of hydrogen-bond acceptors (Lipinski definition) is 4. The first-order chi connectivity index (χ1) is 8.38. The van der Waals surface area contributed by atoms with Crippen molar-refractivity contribution in [3.8, 4) is 0 Å². The third kappa shape index (κ3) is 2.43. The van der Waals surface area contributed by atoms with Gasteiger partial charge in [0.25, 0.3) is 17.7 Å². The largest absolute Gasteiger partial charge is 0.367 e. The van der Waals surface area contributed by atoms with Gasteiger partial charge in [-0.25, -0.2) is 0 Å². The second-order valence-electron chi connectivity index (χ2n) is 4.20. The average molecular weight is 254 g/mol. The minimum absolute atomic E-state index is 0.141. The summed E-state index contributed by atoms with van der Waals surface area (Å²) in [5, 5.41) is 0. The minimum atomic E-state index is -1.31. The summed E-state index contributed by atoms with van der Waals surface area (Å²) in [6.07, 6.45) is 1.54. The number of carbonyl (C=O) groups excluding carboxylic acids is 3. The number of hydrogen-bond donors (Lipinski definition) is 1. The normalized spacial score (nSPS) is 18.8. The molecule has 0 aromatic rings. The summed E-state index contributed by atoms with van der Waals surface area (Å²) in [4.78, 5) is 36.0. The van der Waals surface area contributed by atoms with Crippen LogP contribution in [0.25, 0.3) is 0 Å². The van der Waals surface area contributed by atoms with Crippen LogP contribution in [-0.2, 0) is 19.1 Å². The number of amides is 3. The molecule has 0 bridgehead atoms. The summed E-state index contributed by atoms with van der Waals surface area (Å²) >= 11 is 0. The van der Waals surface area contributed by atoms with Crippen LogP contribution in [0.2, 0.25) is 0 Å². The minimum Gasteiger partial charge on any atom is -0.367 e. The van der Waals surface area contributed by atoms with Crippen LogP contribution in [0.5, 0.6) is 0 Å². The van der Waals surface area contributed by atoms with Crippen molar-refractivity contribution >= 4 is 17.7 Å². The number of ether oxygens (including phenoxy) is 1. The molecule has 0 aromatic carbocycles. The molecule has 0 fully saturated rings. The van der Waals surface area contributed by atoms with Gasteiger partial charge < -0.3 is 10.5 Å². The highest BCUT2D eigenvalue weighted by molar-refractivity contribution is 6.16. The third-order valence-electron chi connectivity index (χ3n) is 3.04. The Labute approximate surface area is 106 Å². The number of nitrogens with zero attached hydrogens (tertiary/aromatic N) is 1. The lowest BCUT2D eigenvalue weighted by atomic mass is 9.98. The Balaban J connectivity index is 2.95. The highest BCUT2D eigenvalue weighted by Gasteiger charge is 2.42. The highest BCUT2D eigenvalue weighted by atomic mass is 16.5. The lowest BCUT2D eigenvalue weighted by Gasteiger charge is -2.32. The molecule has 6 heteroatoms. The lowest BCUT2D eigenvalue weighted by Crippen LogP contribution is -2.55. The Kier molecular flexibility index (Phi) is 4.24. The Morgan fingerprint density at radius 3 is 2.39 bits per heavy atom. The van der Waals surface area contributed by atoms with Gasteiger partial charge >= 0.3 is 0 Å². The third-order valence-corrected chi connectivity index (χ3v) is 3.04. The maximum atomic E-state index is 11.8. The van der Waals surface area contributed by atoms with Crippen LogP contribution in [0.3, 0.4) is 0 Å². The first-order valence-electron chi connectivity index (χ1n) is 5.86. The maximum absolute atomic E-state index is 11.8. The molecular formula is C12H18N2O4. The predicted octanol–water partition coefficient (Wildman–Crippen LogP) is -0.0279. The van der Waals surface area contributed by atoms with Gasteiger partial charge in [-0.15, -0.1) is 0 Å². The maximum Gasteiger partial charge on any atom is 0.256 e. The number of carbonyl (C=O) groups is 3. The standard InChI is InChI=1S/C12H18N2O4/c1-4-12(11(13)17,18-5-2)7-14-9(15)6-8(3)10(14)16/h6H,4-5,7H2,1-3H3,(H2,13,17). The fourth-order valence-electron chi connectivity index (χ4n) is 1.90. The monoisotopic (exact) mass is 254 g/mol. The molecule has 1 aliphatic rings. The summed E-state index contributed by atoms with van der Waals surface area (Å²) in [5.74, 6) is -1.51. The molecule has 0 aliphatic carbocycles. The van der Waals surface area contributed by atoms with E-state index in [1.54, 1.807) is 20.8 Å². The van der Waals surface area contributed by atoms with E-state index in [2.05, 4.69) is 0 Å². The van der Waals surface area contributed by atoms with E-state index in [4.69, 9.17) is 10.5 Å². The molecule has 3 amide bonds. The average Bonchev–Trinajstić information content (AvgIpc) is 2.54. The molecule has 0 aromatic heterocycles. The quantitative estimate of drug-likeness (QED) is 0.674. The summed E-state index contributed by atoms with van der Waals surface area (Å²) < 4.78 is 5.39. The van der Waals surface area contributed by atoms with Gasteiger partial charge in [0.1, 0.15) is 0 Å². The van der Waals surface area contributed by atoms with Crippen LogP contribution in [0.1, 0.15) is 27.2 Å². The molecule has 0 saturated carbocycles. The molecule has 0 spiro atoms. The van der Waals surface area contributed by atoms with Crippen LogP contribution in [0, 0.1) is 0 Å². The van der Waals surface area contributed by atoms with Gasteiger partial charge in [0.2, 0.25) is 0 Å². The van der Waals surface area contributed by atoms with E-state index in [-0.39, 0.29) is 13.2 Å². The van der Waals surface area contributed by atoms with Crippen LogP contribution >= 0.6 is 0 Å². The van der Waals surface area contributed by atoms with Crippen molar-refractivity contribution in [1.29, 1.82) is 0 Å². The molecule has 1 heterocycles. The van der Waals surface area contributed by atoms with Crippen molar-refractivity contribution in [2.75, 3.05) is 13.2 Å². The first-order valence-corrected chi connectivity index (χ1v) is 5.86. The molecule has 2 N–H and O–H groups in total. The van der Waals surface area contributed by atoms with Crippen molar-refractivity contribution in [1.82, 2.24) is 4.90 Å². The van der Waals surface area contributed by atoms with E-state index in [1.165, 1.54) is 6.08 Å². The molecule has 1 atom stereocenters. The van der Waals surface area contributed by atoms with Crippen molar-refractivity contribution in [3.05, 3.63) is 11.6 Å². The van der Waals surface area contributed by atoms with Crippen LogP contribution in [-0.4, -0.2) is 41.4 Å². The Hall–Kier alpha value is -1.69. The van der Waals surface area contributed by atoms with E-state index >= 15 is 0 Å². The number of imide groups is 1. The molecule has 6 nitrogen and oxygen atoms in total. The number of rotatable bonds is 6. The van der Waals surface area contributed by atoms with Gasteiger partial charge in [-0.1, -0.05) is 6.92 Å². The Morgan fingerprint density at radius 1 is 1.44 bits per heavy atom. The molecular weight excluding hydrogens is 236 g/mol. The van der Waals surface area contributed by atoms with Crippen molar-refractivity contribution in [3.63, 3.8) is 0 Å². The summed E-state index contributed by atoms with van der Waals surface area (Å²) in [5.41, 5.74) is 4.39. The fraction of sp³-hybridized carbons (Fsp3) is 0.583. The summed E-state index contributed by atoms with van der Waals surface area (Å²) in [6, 6.07) is 0. The van der Waals surface area contributed by atoms with Crippen molar-refractivity contribution in [2.45, 2.75) is 32.8 Å². The zero-order valence-electron chi connectivity index (χ0n) is 10.9. The Morgan fingerprint density at radius 2 is 2.06 bits per heavy atom. The summed E-state index contributed by atoms with van der Waals surface area (Å²) in [7, 11) is 0. The van der Waals surface area contributed by atoms with Crippen LogP contribution < -0.4 is 5.73 Å². The van der Waals surface area contributed by atoms with Gasteiger partial charge in [-0.05, 0) is 20.3 Å². The lowest BCUT2D eigenvalue weighted by molar-refractivity contribution is -0.153. The van der Waals surface area contributed by atoms with E-state index in [9.17, 15) is 14.4 Å². The van der Waals surface area contributed by atoms with Gasteiger partial charge in [0.15, 0.2) is 5.60 Å². The molecule has 1 aliphatic heterocycles. The van der Waals surface area contributed by atoms with Gasteiger partial charge in [-0.2, -0.15) is 0 Å². The SMILES string of the molecule is CCOC(CC)(CN1C(=O)C=C(C)C1=O)C(N)=O. The Bertz CT molecular complexity index is 416. The molecule has 100 valence electrons. The fourth-order valence-corrected chi connectivity index (χ4v) is 1.90. The van der Waals surface area contributed by atoms with Crippen molar-refractivity contribution in [2.24, 2.45) is 5.73 Å². The van der Waals surface area contributed by atoms with E-state index < -0.39 is 23.3 Å². The van der Waals surface area contributed by atoms with Crippen LogP contribution in [0.4, 0.5) is 0 Å². The highest BCUT2D eigenvalue weighted by Crippen LogP contribution is 2.22.